The van der Waals surface area contributed by atoms with Gasteiger partial charge in [0.15, 0.2) is 0 Å². The van der Waals surface area contributed by atoms with Gasteiger partial charge in [0.05, 0.1) is 12.2 Å². The van der Waals surface area contributed by atoms with Crippen molar-refractivity contribution in [3.8, 4) is 16.3 Å². The van der Waals surface area contributed by atoms with E-state index < -0.39 is 0 Å². The average molecular weight is 441 g/mol. The number of likely N-dealkylation sites (N-methyl/N-ethyl adjacent to an activating group) is 1. The van der Waals surface area contributed by atoms with Crippen molar-refractivity contribution in [2.45, 2.75) is 57.3 Å². The summed E-state index contributed by atoms with van der Waals surface area (Å²) in [6.45, 7) is 5.52. The Kier molecular flexibility index (Phi) is 5.75. The van der Waals surface area contributed by atoms with E-state index in [9.17, 15) is 4.79 Å². The van der Waals surface area contributed by atoms with Gasteiger partial charge in [-0.05, 0) is 44.8 Å². The van der Waals surface area contributed by atoms with Gasteiger partial charge in [0, 0.05) is 68.3 Å². The van der Waals surface area contributed by atoms with Gasteiger partial charge in [-0.15, -0.1) is 11.3 Å². The van der Waals surface area contributed by atoms with Crippen LogP contribution >= 0.6 is 11.3 Å². The smallest absolute Gasteiger partial charge is 0.219 e. The molecule has 2 fully saturated rings. The van der Waals surface area contributed by atoms with E-state index in [0.29, 0.717) is 24.7 Å². The zero-order valence-electron chi connectivity index (χ0n) is 18.7. The molecule has 0 spiro atoms. The lowest BCUT2D eigenvalue weighted by atomic mass is 9.88. The van der Waals surface area contributed by atoms with E-state index in [1.54, 1.807) is 18.3 Å². The molecule has 1 aromatic heterocycles. The van der Waals surface area contributed by atoms with E-state index in [-0.39, 0.29) is 5.91 Å². The van der Waals surface area contributed by atoms with Crippen LogP contribution in [0.3, 0.4) is 0 Å². The Morgan fingerprint density at radius 1 is 1.19 bits per heavy atom. The SMILES string of the molecule is CC(=O)N1CCc2nc(-c3ccc(O[C@H]4C[C@H](N5CC[C@@H](N(C)C)C5)C4)cc3)sc2C1. The number of thiazole rings is 1. The molecule has 1 saturated heterocycles. The van der Waals surface area contributed by atoms with Gasteiger partial charge in [0.2, 0.25) is 5.91 Å². The summed E-state index contributed by atoms with van der Waals surface area (Å²) in [6.07, 6.45) is 4.73. The molecule has 1 saturated carbocycles. The molecule has 1 aromatic carbocycles. The molecule has 0 radical (unpaired) electrons. The van der Waals surface area contributed by atoms with Gasteiger partial charge in [-0.3, -0.25) is 9.69 Å². The van der Waals surface area contributed by atoms with Gasteiger partial charge in [-0.1, -0.05) is 0 Å². The number of carbonyl (C=O) groups excluding carboxylic acids is 1. The molecule has 5 rings (SSSR count). The Bertz CT molecular complexity index is 936. The fraction of sp³-hybridized carbons (Fsp3) is 0.583. The number of nitrogens with zero attached hydrogens (tertiary/aromatic N) is 4. The predicted molar refractivity (Wildman–Crippen MR) is 123 cm³/mol. The molecule has 6 nitrogen and oxygen atoms in total. The monoisotopic (exact) mass is 440 g/mol. The minimum Gasteiger partial charge on any atom is -0.490 e. The van der Waals surface area contributed by atoms with Crippen LogP contribution in [0.5, 0.6) is 5.75 Å². The van der Waals surface area contributed by atoms with Crippen molar-refractivity contribution in [3.63, 3.8) is 0 Å². The second-order valence-electron chi connectivity index (χ2n) is 9.37. The lowest BCUT2D eigenvalue weighted by Crippen LogP contribution is -2.49. The van der Waals surface area contributed by atoms with Crippen LogP contribution in [0.1, 0.15) is 36.8 Å². The molecular formula is C24H32N4O2S. The first-order chi connectivity index (χ1) is 15.0. The van der Waals surface area contributed by atoms with E-state index in [1.807, 2.05) is 4.90 Å². The van der Waals surface area contributed by atoms with Gasteiger partial charge in [0.1, 0.15) is 16.9 Å². The second-order valence-corrected chi connectivity index (χ2v) is 10.5. The van der Waals surface area contributed by atoms with Crippen molar-refractivity contribution in [1.29, 1.82) is 0 Å². The molecule has 3 aliphatic rings. The number of ether oxygens (including phenoxy) is 1. The molecule has 0 bridgehead atoms. The first kappa shape index (κ1) is 20.9. The van der Waals surface area contributed by atoms with Crippen LogP contribution in [0.15, 0.2) is 24.3 Å². The Labute approximate surface area is 188 Å². The molecule has 1 amide bonds. The summed E-state index contributed by atoms with van der Waals surface area (Å²) in [5, 5.41) is 1.04. The molecule has 7 heteroatoms. The number of likely N-dealkylation sites (tertiary alicyclic amines) is 1. The Morgan fingerprint density at radius 3 is 2.65 bits per heavy atom. The van der Waals surface area contributed by atoms with Crippen LogP contribution in [-0.2, 0) is 17.8 Å². The summed E-state index contributed by atoms with van der Waals surface area (Å²) in [5.41, 5.74) is 2.27. The molecule has 1 atom stereocenters. The van der Waals surface area contributed by atoms with Gasteiger partial charge >= 0.3 is 0 Å². The summed E-state index contributed by atoms with van der Waals surface area (Å²) in [6, 6.07) is 9.76. The lowest BCUT2D eigenvalue weighted by molar-refractivity contribution is -0.129. The summed E-state index contributed by atoms with van der Waals surface area (Å²) >= 11 is 1.71. The van der Waals surface area contributed by atoms with E-state index >= 15 is 0 Å². The lowest BCUT2D eigenvalue weighted by Gasteiger charge is -2.41. The maximum atomic E-state index is 11.7. The van der Waals surface area contributed by atoms with Crippen molar-refractivity contribution < 1.29 is 9.53 Å². The molecule has 2 aromatic rings. The number of hydrogen-bond donors (Lipinski definition) is 0. The molecule has 3 heterocycles. The van der Waals surface area contributed by atoms with Gasteiger partial charge in [0.25, 0.3) is 0 Å². The summed E-state index contributed by atoms with van der Waals surface area (Å²) in [5.74, 6) is 1.09. The van der Waals surface area contributed by atoms with Crippen LogP contribution in [0.4, 0.5) is 0 Å². The fourth-order valence-corrected chi connectivity index (χ4v) is 6.04. The maximum Gasteiger partial charge on any atom is 0.219 e. The number of amides is 1. The highest BCUT2D eigenvalue weighted by Gasteiger charge is 2.38. The summed E-state index contributed by atoms with van der Waals surface area (Å²) < 4.78 is 6.23. The van der Waals surface area contributed by atoms with E-state index in [4.69, 9.17) is 9.72 Å². The number of fused-ring (bicyclic) bond motifs is 1. The van der Waals surface area contributed by atoms with Gasteiger partial charge in [-0.2, -0.15) is 0 Å². The van der Waals surface area contributed by atoms with E-state index in [1.165, 1.54) is 24.4 Å². The molecule has 2 aliphatic heterocycles. The number of hydrogen-bond acceptors (Lipinski definition) is 6. The Hall–Kier alpha value is -1.96. The van der Waals surface area contributed by atoms with Crippen molar-refractivity contribution in [2.24, 2.45) is 0 Å². The zero-order chi connectivity index (χ0) is 21.5. The first-order valence-corrected chi connectivity index (χ1v) is 12.2. The van der Waals surface area contributed by atoms with Crippen molar-refractivity contribution in [2.75, 3.05) is 33.7 Å². The minimum absolute atomic E-state index is 0.141. The summed E-state index contributed by atoms with van der Waals surface area (Å²) in [7, 11) is 4.37. The number of aromatic nitrogens is 1. The molecule has 31 heavy (non-hydrogen) atoms. The predicted octanol–water partition coefficient (Wildman–Crippen LogP) is 3.26. The highest BCUT2D eigenvalue weighted by molar-refractivity contribution is 7.15. The van der Waals surface area contributed by atoms with Crippen LogP contribution in [0.25, 0.3) is 10.6 Å². The third kappa shape index (κ3) is 4.36. The van der Waals surface area contributed by atoms with Crippen molar-refractivity contribution in [1.82, 2.24) is 19.7 Å². The highest BCUT2D eigenvalue weighted by atomic mass is 32.1. The van der Waals surface area contributed by atoms with Crippen molar-refractivity contribution in [3.05, 3.63) is 34.8 Å². The van der Waals surface area contributed by atoms with Crippen LogP contribution in [0, 0.1) is 0 Å². The molecule has 1 aliphatic carbocycles. The van der Waals surface area contributed by atoms with E-state index in [0.717, 1.165) is 47.8 Å². The van der Waals surface area contributed by atoms with Crippen LogP contribution < -0.4 is 4.74 Å². The third-order valence-corrected chi connectivity index (χ3v) is 8.22. The van der Waals surface area contributed by atoms with Gasteiger partial charge in [-0.25, -0.2) is 4.98 Å². The number of benzene rings is 1. The fourth-order valence-electron chi connectivity index (χ4n) is 4.91. The zero-order valence-corrected chi connectivity index (χ0v) is 19.5. The second kappa shape index (κ2) is 8.52. The molecule has 0 N–H and O–H groups in total. The van der Waals surface area contributed by atoms with Crippen molar-refractivity contribution >= 4 is 17.2 Å². The Morgan fingerprint density at radius 2 is 1.97 bits per heavy atom. The summed E-state index contributed by atoms with van der Waals surface area (Å²) in [4.78, 5) is 24.6. The first-order valence-electron chi connectivity index (χ1n) is 11.4. The minimum atomic E-state index is 0.141. The number of carbonyl (C=O) groups is 1. The highest BCUT2D eigenvalue weighted by Crippen LogP contribution is 2.35. The van der Waals surface area contributed by atoms with Crippen LogP contribution in [-0.4, -0.2) is 77.5 Å². The standard InChI is InChI=1S/C24H32N4O2S/c1-16(29)27-11-9-22-23(15-27)31-24(25-22)17-4-6-20(7-5-17)30-21-12-19(13-21)28-10-8-18(14-28)26(2)3/h4-7,18-19,21H,8-15H2,1-3H3/t18-,19-,21-/m1/s1. The molecule has 166 valence electrons. The molecule has 0 unspecified atom stereocenters. The molecular weight excluding hydrogens is 408 g/mol. The largest absolute Gasteiger partial charge is 0.490 e. The topological polar surface area (TPSA) is 48.9 Å². The van der Waals surface area contributed by atoms with E-state index in [2.05, 4.69) is 48.2 Å². The van der Waals surface area contributed by atoms with Gasteiger partial charge < -0.3 is 14.5 Å². The number of rotatable bonds is 5. The van der Waals surface area contributed by atoms with Crippen LogP contribution in [0.2, 0.25) is 0 Å². The maximum absolute atomic E-state index is 11.7. The third-order valence-electron chi connectivity index (χ3n) is 7.09. The average Bonchev–Trinajstić information content (AvgIpc) is 3.37. The Balaban J connectivity index is 1.15. The normalized spacial score (nSPS) is 26.1. The quantitative estimate of drug-likeness (QED) is 0.714.